The summed E-state index contributed by atoms with van der Waals surface area (Å²) >= 11 is 0. The van der Waals surface area contributed by atoms with Crippen LogP contribution in [-0.2, 0) is 0 Å². The highest BCUT2D eigenvalue weighted by molar-refractivity contribution is 5.48. The van der Waals surface area contributed by atoms with Gasteiger partial charge >= 0.3 is 11.8 Å². The standard InChI is InChI=1S/C12H14N4O5/c1-8(20-12-11(19-2)14-21-15-12)7-13-9-3-5-10(6-4-9)16(17)18/h3-6,8,13H,7H2,1-2H3/t8-/m0/s1. The van der Waals surface area contributed by atoms with Crippen LogP contribution >= 0.6 is 0 Å². The smallest absolute Gasteiger partial charge is 0.320 e. The predicted octanol–water partition coefficient (Wildman–Crippen LogP) is 1.87. The lowest BCUT2D eigenvalue weighted by atomic mass is 10.2. The van der Waals surface area contributed by atoms with Crippen LogP contribution < -0.4 is 14.8 Å². The molecule has 0 unspecified atom stereocenters. The fourth-order valence-electron chi connectivity index (χ4n) is 1.56. The van der Waals surface area contributed by atoms with Crippen molar-refractivity contribution in [1.29, 1.82) is 0 Å². The van der Waals surface area contributed by atoms with Gasteiger partial charge < -0.3 is 14.8 Å². The monoisotopic (exact) mass is 294 g/mol. The Labute approximate surface area is 120 Å². The van der Waals surface area contributed by atoms with Crippen LogP contribution in [0.25, 0.3) is 0 Å². The van der Waals surface area contributed by atoms with Crippen LogP contribution in [0, 0.1) is 10.1 Å². The molecule has 1 aromatic heterocycles. The second-order valence-corrected chi connectivity index (χ2v) is 4.19. The van der Waals surface area contributed by atoms with Crippen molar-refractivity contribution in [2.24, 2.45) is 0 Å². The van der Waals surface area contributed by atoms with Crippen LogP contribution in [0.5, 0.6) is 11.8 Å². The zero-order valence-corrected chi connectivity index (χ0v) is 11.5. The summed E-state index contributed by atoms with van der Waals surface area (Å²) in [6, 6.07) is 6.11. The van der Waals surface area contributed by atoms with Crippen LogP contribution in [0.3, 0.4) is 0 Å². The van der Waals surface area contributed by atoms with Crippen molar-refractivity contribution < 1.29 is 19.0 Å². The molecular formula is C12H14N4O5. The Hall–Kier alpha value is -2.84. The van der Waals surface area contributed by atoms with Gasteiger partial charge in [0.25, 0.3) is 5.69 Å². The van der Waals surface area contributed by atoms with Crippen LogP contribution in [0.4, 0.5) is 11.4 Å². The van der Waals surface area contributed by atoms with Crippen LogP contribution in [0.2, 0.25) is 0 Å². The van der Waals surface area contributed by atoms with E-state index in [1.807, 2.05) is 6.92 Å². The van der Waals surface area contributed by atoms with Gasteiger partial charge in [0, 0.05) is 17.8 Å². The van der Waals surface area contributed by atoms with Gasteiger partial charge in [-0.05, 0) is 29.4 Å². The number of nitro benzene ring substituents is 1. The minimum atomic E-state index is -0.445. The number of non-ortho nitro benzene ring substituents is 1. The van der Waals surface area contributed by atoms with E-state index in [2.05, 4.69) is 20.3 Å². The maximum atomic E-state index is 10.5. The Balaban J connectivity index is 1.86. The maximum absolute atomic E-state index is 10.5. The summed E-state index contributed by atoms with van der Waals surface area (Å²) in [5.41, 5.74) is 0.796. The number of hydrogen-bond donors (Lipinski definition) is 1. The molecule has 0 saturated carbocycles. The van der Waals surface area contributed by atoms with Crippen molar-refractivity contribution in [2.45, 2.75) is 13.0 Å². The third kappa shape index (κ3) is 3.81. The van der Waals surface area contributed by atoms with E-state index >= 15 is 0 Å². The molecule has 9 heteroatoms. The van der Waals surface area contributed by atoms with E-state index in [1.165, 1.54) is 19.2 Å². The summed E-state index contributed by atoms with van der Waals surface area (Å²) < 4.78 is 14.9. The van der Waals surface area contributed by atoms with E-state index in [-0.39, 0.29) is 23.6 Å². The fraction of sp³-hybridized carbons (Fsp3) is 0.333. The molecule has 0 saturated heterocycles. The van der Waals surface area contributed by atoms with Crippen molar-refractivity contribution >= 4 is 11.4 Å². The predicted molar refractivity (Wildman–Crippen MR) is 72.5 cm³/mol. The number of nitrogens with zero attached hydrogens (tertiary/aromatic N) is 3. The summed E-state index contributed by atoms with van der Waals surface area (Å²) in [5.74, 6) is 0.354. The van der Waals surface area contributed by atoms with E-state index in [0.717, 1.165) is 5.69 Å². The lowest BCUT2D eigenvalue weighted by Crippen LogP contribution is -2.23. The first-order chi connectivity index (χ1) is 10.1. The number of benzene rings is 1. The van der Waals surface area contributed by atoms with Crippen molar-refractivity contribution in [3.63, 3.8) is 0 Å². The lowest BCUT2D eigenvalue weighted by Gasteiger charge is -2.14. The van der Waals surface area contributed by atoms with Gasteiger partial charge in [0.15, 0.2) is 0 Å². The Kier molecular flexibility index (Phi) is 4.54. The number of rotatable bonds is 7. The number of anilines is 1. The SMILES string of the molecule is COc1nonc1O[C@@H](C)CNc1ccc([N+](=O)[O-])cc1. The third-order valence-corrected chi connectivity index (χ3v) is 2.61. The minimum absolute atomic E-state index is 0.0447. The Bertz CT molecular complexity index is 598. The molecule has 112 valence electrons. The highest BCUT2D eigenvalue weighted by Crippen LogP contribution is 2.22. The first kappa shape index (κ1) is 14.6. The normalized spacial score (nSPS) is 11.7. The first-order valence-corrected chi connectivity index (χ1v) is 6.11. The zero-order chi connectivity index (χ0) is 15.2. The van der Waals surface area contributed by atoms with E-state index in [1.54, 1.807) is 12.1 Å². The number of nitro groups is 1. The van der Waals surface area contributed by atoms with Gasteiger partial charge in [0.1, 0.15) is 6.10 Å². The average molecular weight is 294 g/mol. The summed E-state index contributed by atoms with van der Waals surface area (Å²) in [7, 11) is 1.44. The van der Waals surface area contributed by atoms with Crippen LogP contribution in [0.15, 0.2) is 28.9 Å². The van der Waals surface area contributed by atoms with Crippen molar-refractivity contribution in [3.8, 4) is 11.8 Å². The quantitative estimate of drug-likeness (QED) is 0.608. The second-order valence-electron chi connectivity index (χ2n) is 4.19. The van der Waals surface area contributed by atoms with Crippen LogP contribution in [0.1, 0.15) is 6.92 Å². The number of aromatic nitrogens is 2. The van der Waals surface area contributed by atoms with Gasteiger partial charge in [-0.2, -0.15) is 0 Å². The maximum Gasteiger partial charge on any atom is 0.320 e. The molecule has 2 rings (SSSR count). The molecule has 1 atom stereocenters. The third-order valence-electron chi connectivity index (χ3n) is 2.61. The highest BCUT2D eigenvalue weighted by Gasteiger charge is 2.15. The number of methoxy groups -OCH3 is 1. The molecule has 1 heterocycles. The van der Waals surface area contributed by atoms with Crippen molar-refractivity contribution in [3.05, 3.63) is 34.4 Å². The molecule has 21 heavy (non-hydrogen) atoms. The van der Waals surface area contributed by atoms with E-state index in [4.69, 9.17) is 9.47 Å². The number of nitrogens with one attached hydrogen (secondary N) is 1. The topological polar surface area (TPSA) is 113 Å². The Morgan fingerprint density at radius 2 is 2.00 bits per heavy atom. The molecular weight excluding hydrogens is 280 g/mol. The molecule has 1 N–H and O–H groups in total. The van der Waals surface area contributed by atoms with Crippen LogP contribution in [-0.4, -0.2) is 35.0 Å². The summed E-state index contributed by atoms with van der Waals surface area (Å²) in [6.07, 6.45) is -0.235. The van der Waals surface area contributed by atoms with E-state index in [0.29, 0.717) is 6.54 Å². The molecule has 0 amide bonds. The lowest BCUT2D eigenvalue weighted by molar-refractivity contribution is -0.384. The molecule has 2 aromatic rings. The highest BCUT2D eigenvalue weighted by atomic mass is 16.6. The van der Waals surface area contributed by atoms with Gasteiger partial charge in [0.05, 0.1) is 18.6 Å². The fourth-order valence-corrected chi connectivity index (χ4v) is 1.56. The van der Waals surface area contributed by atoms with Gasteiger partial charge in [-0.25, -0.2) is 4.63 Å². The van der Waals surface area contributed by atoms with Gasteiger partial charge in [-0.3, -0.25) is 10.1 Å². The molecule has 1 aromatic carbocycles. The van der Waals surface area contributed by atoms with Crippen molar-refractivity contribution in [2.75, 3.05) is 19.0 Å². The van der Waals surface area contributed by atoms with Gasteiger partial charge in [-0.1, -0.05) is 0 Å². The van der Waals surface area contributed by atoms with Crippen molar-refractivity contribution in [1.82, 2.24) is 10.3 Å². The Morgan fingerprint density at radius 1 is 1.33 bits per heavy atom. The molecule has 0 fully saturated rings. The number of ether oxygens (including phenoxy) is 2. The molecule has 0 spiro atoms. The van der Waals surface area contributed by atoms with E-state index < -0.39 is 4.92 Å². The summed E-state index contributed by atoms with van der Waals surface area (Å²) in [4.78, 5) is 10.1. The second kappa shape index (κ2) is 6.55. The molecule has 0 aliphatic heterocycles. The summed E-state index contributed by atoms with van der Waals surface area (Å²) in [6.45, 7) is 2.29. The molecule has 0 bridgehead atoms. The minimum Gasteiger partial charge on any atom is -0.475 e. The number of hydrogen-bond acceptors (Lipinski definition) is 8. The van der Waals surface area contributed by atoms with Gasteiger partial charge in [0.2, 0.25) is 0 Å². The Morgan fingerprint density at radius 3 is 2.62 bits per heavy atom. The largest absolute Gasteiger partial charge is 0.475 e. The molecule has 0 radical (unpaired) electrons. The zero-order valence-electron chi connectivity index (χ0n) is 11.5. The molecule has 0 aliphatic rings. The average Bonchev–Trinajstić information content (AvgIpc) is 2.92. The van der Waals surface area contributed by atoms with E-state index in [9.17, 15) is 10.1 Å². The molecule has 0 aliphatic carbocycles. The first-order valence-electron chi connectivity index (χ1n) is 6.11. The van der Waals surface area contributed by atoms with Gasteiger partial charge in [-0.15, -0.1) is 0 Å². The molecule has 9 nitrogen and oxygen atoms in total. The summed E-state index contributed by atoms with van der Waals surface area (Å²) in [5, 5.41) is 20.7.